The fourth-order valence-corrected chi connectivity index (χ4v) is 3.96. The van der Waals surface area contributed by atoms with Gasteiger partial charge in [-0.25, -0.2) is 0 Å². The first-order valence-corrected chi connectivity index (χ1v) is 9.05. The average molecular weight is 392 g/mol. The highest BCUT2D eigenvalue weighted by Crippen LogP contribution is 2.30. The Balaban J connectivity index is 0.00000363. The minimum absolute atomic E-state index is 0. The zero-order chi connectivity index (χ0) is 22.6. The average Bonchev–Trinajstić information content (AvgIpc) is 3.08. The van der Waals surface area contributed by atoms with Crippen LogP contribution in [0.15, 0.2) is 18.2 Å². The maximum absolute atomic E-state index is 9.86. The molecule has 1 aliphatic carbocycles. The molecule has 3 rings (SSSR count). The van der Waals surface area contributed by atoms with E-state index in [2.05, 4.69) is 4.90 Å². The second-order valence-corrected chi connectivity index (χ2v) is 6.93. The number of halogens is 1. The number of rotatable bonds is 7. The van der Waals surface area contributed by atoms with Crippen molar-refractivity contribution >= 4 is 12.4 Å². The van der Waals surface area contributed by atoms with E-state index < -0.39 is 14.1 Å². The van der Waals surface area contributed by atoms with E-state index in [0.29, 0.717) is 25.6 Å². The van der Waals surface area contributed by atoms with Crippen molar-refractivity contribution < 1.29 is 27.5 Å². The molecule has 1 aromatic rings. The molecule has 1 heterocycles. The lowest BCUT2D eigenvalue weighted by atomic mass is 9.91. The number of nitrogens with zero attached hydrogens (tertiary/aromatic N) is 1. The topological polar surface area (TPSA) is 51.2 Å². The van der Waals surface area contributed by atoms with Gasteiger partial charge in [-0.2, -0.15) is 0 Å². The van der Waals surface area contributed by atoms with Crippen LogP contribution < -0.4 is 9.47 Å². The zero-order valence-electron chi connectivity index (χ0n) is 20.9. The molecule has 1 unspecified atom stereocenters. The molecule has 1 aliphatic heterocycles. The maximum Gasteiger partial charge on any atom is 0.160 e. The normalized spacial score (nSPS) is 30.7. The first-order chi connectivity index (χ1) is 14.5. The summed E-state index contributed by atoms with van der Waals surface area (Å²) in [5.41, 5.74) is 0.765. The molecule has 1 saturated carbocycles. The standard InChI is InChI=1S/C20H31NO4.ClH/c1-23-19-8-7-15(13-20(19)24-2)10-12-25-18-6-4-3-5-17(18)21-11-9-16(22)14-21;/h7-8,13,16-18,22H,3-6,9-12,14H2,1-2H3;1H/t16-,17?,18+;/m1./s1/i1D3,2D3;. The molecule has 5 nitrogen and oxygen atoms in total. The predicted octanol–water partition coefficient (Wildman–Crippen LogP) is 3.06. The van der Waals surface area contributed by atoms with Gasteiger partial charge in [0.05, 0.1) is 41.1 Å². The monoisotopic (exact) mass is 391 g/mol. The molecule has 0 spiro atoms. The molecular weight excluding hydrogens is 354 g/mol. The number of hydrogen-bond acceptors (Lipinski definition) is 5. The van der Waals surface area contributed by atoms with Crippen LogP contribution in [0.1, 0.15) is 45.9 Å². The smallest absolute Gasteiger partial charge is 0.160 e. The van der Waals surface area contributed by atoms with Crippen LogP contribution in [0.2, 0.25) is 0 Å². The predicted molar refractivity (Wildman–Crippen MR) is 105 cm³/mol. The minimum atomic E-state index is -2.72. The van der Waals surface area contributed by atoms with Gasteiger partial charge in [0.1, 0.15) is 0 Å². The van der Waals surface area contributed by atoms with E-state index in [-0.39, 0.29) is 36.1 Å². The van der Waals surface area contributed by atoms with Crippen LogP contribution in [0.4, 0.5) is 0 Å². The Bertz CT molecular complexity index is 733. The van der Waals surface area contributed by atoms with Crippen LogP contribution >= 0.6 is 12.4 Å². The first kappa shape index (κ1) is 14.1. The van der Waals surface area contributed by atoms with Gasteiger partial charge in [-0.05, 0) is 43.4 Å². The summed E-state index contributed by atoms with van der Waals surface area (Å²) in [5.74, 6) is -0.268. The second kappa shape index (κ2) is 10.4. The maximum atomic E-state index is 9.86. The summed E-state index contributed by atoms with van der Waals surface area (Å²) in [5, 5.41) is 9.86. The Morgan fingerprint density at radius 2 is 1.96 bits per heavy atom. The van der Waals surface area contributed by atoms with Gasteiger partial charge in [-0.3, -0.25) is 4.90 Å². The number of ether oxygens (including phenoxy) is 3. The molecule has 0 aromatic heterocycles. The lowest BCUT2D eigenvalue weighted by Gasteiger charge is -2.37. The van der Waals surface area contributed by atoms with Crippen molar-refractivity contribution in [1.82, 2.24) is 4.90 Å². The van der Waals surface area contributed by atoms with Gasteiger partial charge >= 0.3 is 0 Å². The van der Waals surface area contributed by atoms with Crippen molar-refractivity contribution in [2.75, 3.05) is 33.8 Å². The summed E-state index contributed by atoms with van der Waals surface area (Å²) >= 11 is 0. The molecule has 6 heteroatoms. The van der Waals surface area contributed by atoms with Crippen LogP contribution in [-0.4, -0.2) is 62.0 Å². The Morgan fingerprint density at radius 1 is 1.15 bits per heavy atom. The molecule has 0 radical (unpaired) electrons. The van der Waals surface area contributed by atoms with E-state index >= 15 is 0 Å². The van der Waals surface area contributed by atoms with Crippen LogP contribution in [-0.2, 0) is 11.2 Å². The molecule has 148 valence electrons. The number of methoxy groups -OCH3 is 2. The number of aliphatic hydroxyl groups excluding tert-OH is 1. The van der Waals surface area contributed by atoms with E-state index in [1.54, 1.807) is 6.07 Å². The number of benzene rings is 1. The van der Waals surface area contributed by atoms with Crippen LogP contribution in [0.5, 0.6) is 11.5 Å². The van der Waals surface area contributed by atoms with Crippen LogP contribution in [0.25, 0.3) is 0 Å². The quantitative estimate of drug-likeness (QED) is 0.774. The number of likely N-dealkylation sites (tertiary alicyclic amines) is 1. The van der Waals surface area contributed by atoms with E-state index in [1.165, 1.54) is 12.1 Å². The number of β-amino-alcohol motifs (C(OH)–C–C–N with tert-alkyl or cyclic N) is 1. The Morgan fingerprint density at radius 3 is 2.73 bits per heavy atom. The molecule has 2 aliphatic rings. The van der Waals surface area contributed by atoms with Crippen molar-refractivity contribution in [2.45, 2.75) is 56.8 Å². The third kappa shape index (κ3) is 5.26. The van der Waals surface area contributed by atoms with E-state index in [0.717, 1.165) is 44.2 Å². The summed E-state index contributed by atoms with van der Waals surface area (Å²) in [4.78, 5) is 2.33. The first-order valence-electron chi connectivity index (χ1n) is 12.0. The van der Waals surface area contributed by atoms with E-state index in [4.69, 9.17) is 22.4 Å². The van der Waals surface area contributed by atoms with E-state index in [1.807, 2.05) is 0 Å². The van der Waals surface area contributed by atoms with Gasteiger partial charge in [0.25, 0.3) is 0 Å². The lowest BCUT2D eigenvalue weighted by molar-refractivity contribution is -0.0316. The third-order valence-electron chi connectivity index (χ3n) is 5.28. The molecule has 2 fully saturated rings. The molecule has 0 bridgehead atoms. The molecule has 1 saturated heterocycles. The van der Waals surface area contributed by atoms with Crippen molar-refractivity contribution in [3.05, 3.63) is 23.8 Å². The van der Waals surface area contributed by atoms with Crippen molar-refractivity contribution in [2.24, 2.45) is 0 Å². The van der Waals surface area contributed by atoms with Crippen LogP contribution in [0.3, 0.4) is 0 Å². The van der Waals surface area contributed by atoms with Crippen molar-refractivity contribution in [3.63, 3.8) is 0 Å². The van der Waals surface area contributed by atoms with Gasteiger partial charge in [-0.1, -0.05) is 18.9 Å². The molecule has 1 aromatic carbocycles. The largest absolute Gasteiger partial charge is 0.493 e. The molecular formula is C20H32ClNO4. The summed E-state index contributed by atoms with van der Waals surface area (Å²) in [6, 6.07) is 4.91. The van der Waals surface area contributed by atoms with E-state index in [9.17, 15) is 5.11 Å². The van der Waals surface area contributed by atoms with Crippen LogP contribution in [0, 0.1) is 0 Å². The summed E-state index contributed by atoms with van der Waals surface area (Å²) in [6.45, 7) is 2.04. The van der Waals surface area contributed by atoms with Gasteiger partial charge in [0.15, 0.2) is 11.5 Å². The van der Waals surface area contributed by atoms with Gasteiger partial charge in [0.2, 0.25) is 0 Å². The van der Waals surface area contributed by atoms with Gasteiger partial charge < -0.3 is 19.3 Å². The second-order valence-electron chi connectivity index (χ2n) is 6.93. The highest BCUT2D eigenvalue weighted by molar-refractivity contribution is 5.85. The Kier molecular flexibility index (Phi) is 5.60. The summed E-state index contributed by atoms with van der Waals surface area (Å²) in [6.07, 6.45) is 5.51. The fraction of sp³-hybridized carbons (Fsp3) is 0.700. The number of aliphatic hydroxyl groups is 1. The fourth-order valence-electron chi connectivity index (χ4n) is 3.96. The number of hydrogen-bond donors (Lipinski definition) is 1. The molecule has 0 amide bonds. The molecule has 3 atom stereocenters. The summed E-state index contributed by atoms with van der Waals surface area (Å²) < 4.78 is 59.8. The zero-order valence-corrected chi connectivity index (χ0v) is 15.7. The Hall–Kier alpha value is -1.01. The van der Waals surface area contributed by atoms with Crippen molar-refractivity contribution in [1.29, 1.82) is 0 Å². The summed E-state index contributed by atoms with van der Waals surface area (Å²) in [7, 11) is -5.44. The highest BCUT2D eigenvalue weighted by atomic mass is 35.5. The molecule has 1 N–H and O–H groups in total. The molecule has 26 heavy (non-hydrogen) atoms. The SMILES string of the molecule is Cl.[2H]C([2H])([2H])Oc1ccc(CCO[C@H]2CCCCC2N2CC[C@@H](O)C2)cc1OC([2H])([2H])[2H]. The lowest BCUT2D eigenvalue weighted by Crippen LogP contribution is -2.46. The van der Waals surface area contributed by atoms with Crippen molar-refractivity contribution in [3.8, 4) is 11.5 Å². The minimum Gasteiger partial charge on any atom is -0.493 e. The Labute approximate surface area is 171 Å². The third-order valence-corrected chi connectivity index (χ3v) is 5.28. The van der Waals surface area contributed by atoms with Gasteiger partial charge in [0, 0.05) is 19.1 Å². The van der Waals surface area contributed by atoms with Gasteiger partial charge in [-0.15, -0.1) is 12.4 Å². The highest BCUT2D eigenvalue weighted by Gasteiger charge is 2.34.